The summed E-state index contributed by atoms with van der Waals surface area (Å²) in [6.45, 7) is 5.36. The van der Waals surface area contributed by atoms with Crippen LogP contribution in [0.4, 0.5) is 0 Å². The molecular formula is C15H26N2O3. The third-order valence-corrected chi connectivity index (χ3v) is 5.03. The molecule has 1 saturated carbocycles. The van der Waals surface area contributed by atoms with Crippen LogP contribution in [-0.4, -0.2) is 59.5 Å². The average molecular weight is 282 g/mol. The molecule has 0 aromatic carbocycles. The van der Waals surface area contributed by atoms with Crippen molar-refractivity contribution in [3.05, 3.63) is 0 Å². The van der Waals surface area contributed by atoms with E-state index in [0.29, 0.717) is 18.9 Å². The summed E-state index contributed by atoms with van der Waals surface area (Å²) in [5.41, 5.74) is 0. The molecule has 1 heterocycles. The minimum Gasteiger partial charge on any atom is -0.481 e. The molecule has 2 rings (SSSR count). The van der Waals surface area contributed by atoms with Crippen LogP contribution in [0.15, 0.2) is 0 Å². The van der Waals surface area contributed by atoms with Crippen molar-refractivity contribution in [3.8, 4) is 0 Å². The minimum absolute atomic E-state index is 0.0784. The van der Waals surface area contributed by atoms with E-state index in [-0.39, 0.29) is 17.7 Å². The topological polar surface area (TPSA) is 60.9 Å². The molecule has 1 N–H and O–H groups in total. The highest BCUT2D eigenvalue weighted by Crippen LogP contribution is 2.33. The fourth-order valence-corrected chi connectivity index (χ4v) is 3.52. The van der Waals surface area contributed by atoms with Gasteiger partial charge in [-0.1, -0.05) is 6.92 Å². The summed E-state index contributed by atoms with van der Waals surface area (Å²) in [6, 6.07) is 0.328. The van der Waals surface area contributed by atoms with E-state index in [4.69, 9.17) is 5.11 Å². The molecule has 0 radical (unpaired) electrons. The minimum atomic E-state index is -0.751. The van der Waals surface area contributed by atoms with Crippen molar-refractivity contribution in [2.24, 2.45) is 11.8 Å². The standard InChI is InChI=1S/C15H26N2O3/c1-3-17-8-6-13(7-9-17)16(2)14(18)11-4-5-12(10-11)15(19)20/h11-13H,3-10H2,1-2H3,(H,19,20). The lowest BCUT2D eigenvalue weighted by molar-refractivity contribution is -0.141. The lowest BCUT2D eigenvalue weighted by atomic mass is 9.99. The molecule has 0 aromatic heterocycles. The normalized spacial score (nSPS) is 28.5. The first-order chi connectivity index (χ1) is 9.52. The molecule has 2 atom stereocenters. The first-order valence-electron chi connectivity index (χ1n) is 7.74. The van der Waals surface area contributed by atoms with Crippen LogP contribution >= 0.6 is 0 Å². The molecular weight excluding hydrogens is 256 g/mol. The van der Waals surface area contributed by atoms with Gasteiger partial charge in [0.25, 0.3) is 0 Å². The molecule has 1 aliphatic carbocycles. The Morgan fingerprint density at radius 2 is 1.75 bits per heavy atom. The fraction of sp³-hybridized carbons (Fsp3) is 0.867. The van der Waals surface area contributed by atoms with Gasteiger partial charge in [-0.15, -0.1) is 0 Å². The highest BCUT2D eigenvalue weighted by molar-refractivity contribution is 5.81. The van der Waals surface area contributed by atoms with Gasteiger partial charge in [-0.3, -0.25) is 9.59 Å². The zero-order valence-corrected chi connectivity index (χ0v) is 12.5. The van der Waals surface area contributed by atoms with E-state index < -0.39 is 5.97 Å². The van der Waals surface area contributed by atoms with Crippen LogP contribution in [0.3, 0.4) is 0 Å². The quantitative estimate of drug-likeness (QED) is 0.847. The highest BCUT2D eigenvalue weighted by Gasteiger charge is 2.36. The number of carbonyl (C=O) groups is 2. The number of carboxylic acids is 1. The molecule has 1 saturated heterocycles. The molecule has 5 nitrogen and oxygen atoms in total. The summed E-state index contributed by atoms with van der Waals surface area (Å²) in [4.78, 5) is 27.8. The van der Waals surface area contributed by atoms with Crippen LogP contribution in [0.5, 0.6) is 0 Å². The van der Waals surface area contributed by atoms with E-state index in [1.807, 2.05) is 11.9 Å². The van der Waals surface area contributed by atoms with Gasteiger partial charge in [0, 0.05) is 32.1 Å². The Morgan fingerprint density at radius 1 is 1.15 bits per heavy atom. The first-order valence-corrected chi connectivity index (χ1v) is 7.74. The van der Waals surface area contributed by atoms with Gasteiger partial charge in [0.15, 0.2) is 0 Å². The number of hydrogen-bond donors (Lipinski definition) is 1. The second-order valence-electron chi connectivity index (χ2n) is 6.16. The molecule has 5 heteroatoms. The lowest BCUT2D eigenvalue weighted by Crippen LogP contribution is -2.47. The number of hydrogen-bond acceptors (Lipinski definition) is 3. The molecule has 1 aliphatic heterocycles. The maximum atomic E-state index is 12.5. The van der Waals surface area contributed by atoms with Gasteiger partial charge in [0.1, 0.15) is 0 Å². The number of aliphatic carboxylic acids is 1. The predicted octanol–water partition coefficient (Wildman–Crippen LogP) is 1.43. The zero-order chi connectivity index (χ0) is 14.7. The highest BCUT2D eigenvalue weighted by atomic mass is 16.4. The maximum Gasteiger partial charge on any atom is 0.306 e. The second-order valence-corrected chi connectivity index (χ2v) is 6.16. The smallest absolute Gasteiger partial charge is 0.306 e. The molecule has 2 unspecified atom stereocenters. The van der Waals surface area contributed by atoms with Crippen LogP contribution in [-0.2, 0) is 9.59 Å². The van der Waals surface area contributed by atoms with Crippen LogP contribution in [0.25, 0.3) is 0 Å². The second kappa shape index (κ2) is 6.57. The van der Waals surface area contributed by atoms with Gasteiger partial charge in [-0.25, -0.2) is 0 Å². The number of nitrogens with zero attached hydrogens (tertiary/aromatic N) is 2. The number of likely N-dealkylation sites (tertiary alicyclic amines) is 1. The fourth-order valence-electron chi connectivity index (χ4n) is 3.52. The summed E-state index contributed by atoms with van der Waals surface area (Å²) < 4.78 is 0. The predicted molar refractivity (Wildman–Crippen MR) is 76.4 cm³/mol. The van der Waals surface area contributed by atoms with Crippen LogP contribution in [0, 0.1) is 11.8 Å². The van der Waals surface area contributed by atoms with E-state index in [1.165, 1.54) is 0 Å². The van der Waals surface area contributed by atoms with Crippen molar-refractivity contribution in [2.75, 3.05) is 26.7 Å². The Balaban J connectivity index is 1.85. The summed E-state index contributed by atoms with van der Waals surface area (Å²) in [7, 11) is 1.89. The van der Waals surface area contributed by atoms with E-state index in [1.54, 1.807) is 0 Å². The van der Waals surface area contributed by atoms with Gasteiger partial charge >= 0.3 is 5.97 Å². The largest absolute Gasteiger partial charge is 0.481 e. The Hall–Kier alpha value is -1.10. The molecule has 20 heavy (non-hydrogen) atoms. The SMILES string of the molecule is CCN1CCC(N(C)C(=O)C2CCC(C(=O)O)C2)CC1. The van der Waals surface area contributed by atoms with Crippen molar-refractivity contribution in [1.29, 1.82) is 0 Å². The summed E-state index contributed by atoms with van der Waals surface area (Å²) in [5, 5.41) is 9.03. The van der Waals surface area contributed by atoms with Gasteiger partial charge in [-0.05, 0) is 38.6 Å². The third-order valence-electron chi connectivity index (χ3n) is 5.03. The molecule has 114 valence electrons. The Labute approximate surface area is 120 Å². The summed E-state index contributed by atoms with van der Waals surface area (Å²) in [5.74, 6) is -0.993. The van der Waals surface area contributed by atoms with Crippen LogP contribution in [0.2, 0.25) is 0 Å². The third kappa shape index (κ3) is 3.32. The summed E-state index contributed by atoms with van der Waals surface area (Å²) >= 11 is 0. The monoisotopic (exact) mass is 282 g/mol. The van der Waals surface area contributed by atoms with Gasteiger partial charge in [0.2, 0.25) is 5.91 Å². The average Bonchev–Trinajstić information content (AvgIpc) is 2.96. The molecule has 0 bridgehead atoms. The van der Waals surface area contributed by atoms with E-state index >= 15 is 0 Å². The number of carbonyl (C=O) groups excluding carboxylic acids is 1. The van der Waals surface area contributed by atoms with Crippen LogP contribution in [0.1, 0.15) is 39.0 Å². The van der Waals surface area contributed by atoms with Gasteiger partial charge < -0.3 is 14.9 Å². The van der Waals surface area contributed by atoms with Gasteiger partial charge in [-0.2, -0.15) is 0 Å². The number of amides is 1. The van der Waals surface area contributed by atoms with Gasteiger partial charge in [0.05, 0.1) is 5.92 Å². The zero-order valence-electron chi connectivity index (χ0n) is 12.5. The van der Waals surface area contributed by atoms with Crippen molar-refractivity contribution in [1.82, 2.24) is 9.80 Å². The van der Waals surface area contributed by atoms with Crippen molar-refractivity contribution < 1.29 is 14.7 Å². The van der Waals surface area contributed by atoms with E-state index in [0.717, 1.165) is 38.9 Å². The molecule has 0 aromatic rings. The number of rotatable bonds is 4. The molecule has 1 amide bonds. The maximum absolute atomic E-state index is 12.5. The van der Waals surface area contributed by atoms with Crippen LogP contribution < -0.4 is 0 Å². The molecule has 0 spiro atoms. The van der Waals surface area contributed by atoms with Crippen molar-refractivity contribution in [3.63, 3.8) is 0 Å². The Morgan fingerprint density at radius 3 is 2.25 bits per heavy atom. The summed E-state index contributed by atoms with van der Waals surface area (Å²) in [6.07, 6.45) is 3.96. The van der Waals surface area contributed by atoms with E-state index in [9.17, 15) is 9.59 Å². The Bertz CT molecular complexity index is 364. The van der Waals surface area contributed by atoms with Crippen molar-refractivity contribution >= 4 is 11.9 Å². The number of carboxylic acid groups (broad SMARTS) is 1. The molecule has 2 fully saturated rings. The lowest BCUT2D eigenvalue weighted by Gasteiger charge is -2.37. The Kier molecular flexibility index (Phi) is 5.02. The number of piperidine rings is 1. The first kappa shape index (κ1) is 15.3. The van der Waals surface area contributed by atoms with E-state index in [2.05, 4.69) is 11.8 Å². The molecule has 2 aliphatic rings. The van der Waals surface area contributed by atoms with Crippen molar-refractivity contribution in [2.45, 2.75) is 45.1 Å².